The summed E-state index contributed by atoms with van der Waals surface area (Å²) in [6, 6.07) is 44.6. The van der Waals surface area contributed by atoms with Gasteiger partial charge in [0.15, 0.2) is 0 Å². The summed E-state index contributed by atoms with van der Waals surface area (Å²) in [5.74, 6) is 0. The molecule has 0 spiro atoms. The van der Waals surface area contributed by atoms with Gasteiger partial charge in [0.05, 0.1) is 0 Å². The number of fused-ring (bicyclic) bond motifs is 5. The van der Waals surface area contributed by atoms with Crippen LogP contribution >= 0.6 is 0 Å². The predicted molar refractivity (Wildman–Crippen MR) is 150 cm³/mol. The van der Waals surface area contributed by atoms with E-state index in [-0.39, 0.29) is 5.41 Å². The standard InChI is InChI=1S/C35H26/c1-35(2)32-15-9-8-14-29(32)31-21-27-20-26-12-6-7-13-28(26)34(30(27)22-33(31)35)25-18-16-24(17-19-25)23-10-4-3-5-11-23/h3-22H,1-2H3. The van der Waals surface area contributed by atoms with E-state index in [1.807, 2.05) is 0 Å². The molecule has 6 aromatic rings. The lowest BCUT2D eigenvalue weighted by atomic mass is 9.81. The summed E-state index contributed by atoms with van der Waals surface area (Å²) < 4.78 is 0. The van der Waals surface area contributed by atoms with Crippen LogP contribution in [-0.2, 0) is 5.41 Å². The van der Waals surface area contributed by atoms with Crippen LogP contribution in [0.3, 0.4) is 0 Å². The molecule has 0 bridgehead atoms. The fourth-order valence-electron chi connectivity index (χ4n) is 6.03. The maximum Gasteiger partial charge on any atom is 0.0159 e. The minimum Gasteiger partial charge on any atom is -0.0622 e. The van der Waals surface area contributed by atoms with Crippen molar-refractivity contribution in [2.24, 2.45) is 0 Å². The van der Waals surface area contributed by atoms with Crippen LogP contribution in [0, 0.1) is 0 Å². The second kappa shape index (κ2) is 7.42. The van der Waals surface area contributed by atoms with Crippen molar-refractivity contribution in [1.29, 1.82) is 0 Å². The SMILES string of the molecule is CC1(C)c2ccccc2-c2cc3cc4ccccc4c(-c4ccc(-c5ccccc5)cc4)c3cc21. The largest absolute Gasteiger partial charge is 0.0622 e. The van der Waals surface area contributed by atoms with Gasteiger partial charge in [-0.25, -0.2) is 0 Å². The summed E-state index contributed by atoms with van der Waals surface area (Å²) in [5.41, 5.74) is 10.7. The summed E-state index contributed by atoms with van der Waals surface area (Å²) in [4.78, 5) is 0. The third kappa shape index (κ3) is 3.00. The molecule has 0 aliphatic heterocycles. The quantitative estimate of drug-likeness (QED) is 0.232. The Morgan fingerprint density at radius 2 is 1.09 bits per heavy atom. The molecular formula is C35H26. The van der Waals surface area contributed by atoms with Gasteiger partial charge in [0.2, 0.25) is 0 Å². The monoisotopic (exact) mass is 446 g/mol. The van der Waals surface area contributed by atoms with E-state index in [2.05, 4.69) is 135 Å². The van der Waals surface area contributed by atoms with E-state index in [0.717, 1.165) is 0 Å². The minimum absolute atomic E-state index is 0.0137. The van der Waals surface area contributed by atoms with Crippen molar-refractivity contribution in [2.45, 2.75) is 19.3 Å². The highest BCUT2D eigenvalue weighted by molar-refractivity contribution is 6.14. The Kier molecular flexibility index (Phi) is 4.29. The van der Waals surface area contributed by atoms with Crippen molar-refractivity contribution < 1.29 is 0 Å². The zero-order valence-electron chi connectivity index (χ0n) is 20.0. The van der Waals surface area contributed by atoms with Gasteiger partial charge in [-0.3, -0.25) is 0 Å². The summed E-state index contributed by atoms with van der Waals surface area (Å²) in [5, 5.41) is 5.22. The maximum absolute atomic E-state index is 2.47. The molecule has 166 valence electrons. The highest BCUT2D eigenvalue weighted by atomic mass is 14.4. The molecule has 1 aliphatic carbocycles. The van der Waals surface area contributed by atoms with Crippen molar-refractivity contribution in [1.82, 2.24) is 0 Å². The second-order valence-electron chi connectivity index (χ2n) is 10.2. The number of hydrogen-bond acceptors (Lipinski definition) is 0. The summed E-state index contributed by atoms with van der Waals surface area (Å²) in [6.07, 6.45) is 0. The van der Waals surface area contributed by atoms with Crippen LogP contribution < -0.4 is 0 Å². The van der Waals surface area contributed by atoms with Crippen LogP contribution in [0.2, 0.25) is 0 Å². The smallest absolute Gasteiger partial charge is 0.0159 e. The van der Waals surface area contributed by atoms with Crippen molar-refractivity contribution in [3.05, 3.63) is 132 Å². The van der Waals surface area contributed by atoms with Crippen LogP contribution in [0.25, 0.3) is 54.9 Å². The minimum atomic E-state index is -0.0137. The lowest BCUT2D eigenvalue weighted by Crippen LogP contribution is -2.14. The van der Waals surface area contributed by atoms with Gasteiger partial charge >= 0.3 is 0 Å². The summed E-state index contributed by atoms with van der Waals surface area (Å²) in [6.45, 7) is 4.72. The van der Waals surface area contributed by atoms with E-state index in [0.29, 0.717) is 0 Å². The van der Waals surface area contributed by atoms with Crippen molar-refractivity contribution >= 4 is 21.5 Å². The fourth-order valence-corrected chi connectivity index (χ4v) is 6.03. The van der Waals surface area contributed by atoms with Gasteiger partial charge in [-0.15, -0.1) is 0 Å². The molecule has 0 unspecified atom stereocenters. The van der Waals surface area contributed by atoms with Gasteiger partial charge in [0.25, 0.3) is 0 Å². The Bertz CT molecular complexity index is 1740. The third-order valence-electron chi connectivity index (χ3n) is 7.84. The lowest BCUT2D eigenvalue weighted by molar-refractivity contribution is 0.661. The topological polar surface area (TPSA) is 0 Å². The Labute approximate surface area is 206 Å². The van der Waals surface area contributed by atoms with Gasteiger partial charge in [0, 0.05) is 5.41 Å². The average Bonchev–Trinajstić information content (AvgIpc) is 3.13. The zero-order chi connectivity index (χ0) is 23.6. The van der Waals surface area contributed by atoms with E-state index < -0.39 is 0 Å². The first kappa shape index (κ1) is 20.2. The first-order valence-electron chi connectivity index (χ1n) is 12.4. The molecule has 0 amide bonds. The van der Waals surface area contributed by atoms with Gasteiger partial charge in [0.1, 0.15) is 0 Å². The Morgan fingerprint density at radius 1 is 0.429 bits per heavy atom. The van der Waals surface area contributed by atoms with Gasteiger partial charge < -0.3 is 0 Å². The molecule has 0 fully saturated rings. The van der Waals surface area contributed by atoms with Crippen LogP contribution in [0.5, 0.6) is 0 Å². The average molecular weight is 447 g/mol. The third-order valence-corrected chi connectivity index (χ3v) is 7.84. The number of rotatable bonds is 2. The molecule has 0 saturated heterocycles. The van der Waals surface area contributed by atoms with Crippen molar-refractivity contribution in [2.75, 3.05) is 0 Å². The predicted octanol–water partition coefficient (Wildman–Crippen LogP) is 9.63. The number of benzene rings is 6. The first-order chi connectivity index (χ1) is 17.1. The molecule has 0 heteroatoms. The van der Waals surface area contributed by atoms with Gasteiger partial charge in [-0.1, -0.05) is 117 Å². The molecule has 0 nitrogen and oxygen atoms in total. The molecule has 0 radical (unpaired) electrons. The van der Waals surface area contributed by atoms with Crippen molar-refractivity contribution in [3.63, 3.8) is 0 Å². The molecule has 7 rings (SSSR count). The molecule has 6 aromatic carbocycles. The van der Waals surface area contributed by atoms with Crippen LogP contribution in [0.1, 0.15) is 25.0 Å². The molecule has 0 saturated carbocycles. The van der Waals surface area contributed by atoms with Crippen molar-refractivity contribution in [3.8, 4) is 33.4 Å². The molecule has 0 heterocycles. The molecule has 35 heavy (non-hydrogen) atoms. The maximum atomic E-state index is 2.47. The fraction of sp³-hybridized carbons (Fsp3) is 0.0857. The van der Waals surface area contributed by atoms with Crippen LogP contribution in [-0.4, -0.2) is 0 Å². The van der Waals surface area contributed by atoms with E-state index in [1.165, 1.54) is 66.1 Å². The first-order valence-corrected chi connectivity index (χ1v) is 12.4. The second-order valence-corrected chi connectivity index (χ2v) is 10.2. The van der Waals surface area contributed by atoms with Crippen LogP contribution in [0.15, 0.2) is 121 Å². The summed E-state index contributed by atoms with van der Waals surface area (Å²) in [7, 11) is 0. The number of hydrogen-bond donors (Lipinski definition) is 0. The molecule has 0 atom stereocenters. The Hall–Kier alpha value is -4.16. The molecular weight excluding hydrogens is 420 g/mol. The summed E-state index contributed by atoms with van der Waals surface area (Å²) >= 11 is 0. The van der Waals surface area contributed by atoms with Gasteiger partial charge in [-0.2, -0.15) is 0 Å². The van der Waals surface area contributed by atoms with E-state index in [4.69, 9.17) is 0 Å². The van der Waals surface area contributed by atoms with Gasteiger partial charge in [-0.05, 0) is 84.3 Å². The Balaban J connectivity index is 1.51. The normalized spacial score (nSPS) is 13.7. The lowest BCUT2D eigenvalue weighted by Gasteiger charge is -2.22. The van der Waals surface area contributed by atoms with E-state index >= 15 is 0 Å². The van der Waals surface area contributed by atoms with E-state index in [1.54, 1.807) is 0 Å². The molecule has 1 aliphatic rings. The highest BCUT2D eigenvalue weighted by Crippen LogP contribution is 2.51. The highest BCUT2D eigenvalue weighted by Gasteiger charge is 2.35. The van der Waals surface area contributed by atoms with Crippen LogP contribution in [0.4, 0.5) is 0 Å². The molecule has 0 aromatic heterocycles. The molecule has 0 N–H and O–H groups in total. The van der Waals surface area contributed by atoms with E-state index in [9.17, 15) is 0 Å². The Morgan fingerprint density at radius 3 is 1.91 bits per heavy atom. The zero-order valence-corrected chi connectivity index (χ0v) is 20.0.